The molecule has 0 saturated heterocycles. The van der Waals surface area contributed by atoms with E-state index in [4.69, 9.17) is 5.11 Å². The van der Waals surface area contributed by atoms with Crippen LogP contribution in [0, 0.1) is 5.82 Å². The summed E-state index contributed by atoms with van der Waals surface area (Å²) in [6, 6.07) is 4.02. The third kappa shape index (κ3) is 5.35. The van der Waals surface area contributed by atoms with E-state index in [0.29, 0.717) is 18.7 Å². The third-order valence-corrected chi connectivity index (χ3v) is 2.87. The summed E-state index contributed by atoms with van der Waals surface area (Å²) in [6.45, 7) is 1.18. The van der Waals surface area contributed by atoms with E-state index in [1.807, 2.05) is 19.0 Å². The van der Waals surface area contributed by atoms with Gasteiger partial charge in [-0.05, 0) is 37.9 Å². The number of amides is 1. The lowest BCUT2D eigenvalue weighted by Crippen LogP contribution is -2.33. The van der Waals surface area contributed by atoms with Crippen molar-refractivity contribution in [1.82, 2.24) is 9.80 Å². The van der Waals surface area contributed by atoms with Crippen LogP contribution in [0.3, 0.4) is 0 Å². The number of carbonyl (C=O) groups is 2. The maximum absolute atomic E-state index is 13.9. The topological polar surface area (TPSA) is 60.9 Å². The molecule has 0 aliphatic carbocycles. The largest absolute Gasteiger partial charge is 0.478 e. The van der Waals surface area contributed by atoms with Crippen LogP contribution in [0.5, 0.6) is 0 Å². The van der Waals surface area contributed by atoms with Gasteiger partial charge in [-0.3, -0.25) is 4.79 Å². The van der Waals surface area contributed by atoms with Gasteiger partial charge >= 0.3 is 5.97 Å². The monoisotopic (exact) mass is 294 g/mol. The molecule has 0 atom stereocenters. The van der Waals surface area contributed by atoms with E-state index < -0.39 is 17.7 Å². The van der Waals surface area contributed by atoms with Gasteiger partial charge in [0.15, 0.2) is 0 Å². The average molecular weight is 294 g/mol. The van der Waals surface area contributed by atoms with Crippen LogP contribution in [0.25, 0.3) is 6.08 Å². The Hall–Kier alpha value is -2.21. The molecule has 0 bridgehead atoms. The number of hydrogen-bond donors (Lipinski definition) is 1. The zero-order valence-corrected chi connectivity index (χ0v) is 12.3. The van der Waals surface area contributed by atoms with E-state index in [2.05, 4.69) is 0 Å². The molecule has 0 heterocycles. The fraction of sp³-hybridized carbons (Fsp3) is 0.333. The van der Waals surface area contributed by atoms with Crippen molar-refractivity contribution in [2.45, 2.75) is 0 Å². The first-order chi connectivity index (χ1) is 9.81. The summed E-state index contributed by atoms with van der Waals surface area (Å²) in [6.07, 6.45) is 2.19. The molecule has 0 aliphatic rings. The standard InChI is InChI=1S/C15H19FN2O3/c1-17(2)8-9-18(3)15(21)12-6-4-11(10-13(12)16)5-7-14(19)20/h4-7,10H,8-9H2,1-3H3,(H,19,20). The first kappa shape index (κ1) is 16.8. The molecule has 21 heavy (non-hydrogen) atoms. The van der Waals surface area contributed by atoms with Crippen molar-refractivity contribution in [3.63, 3.8) is 0 Å². The Morgan fingerprint density at radius 1 is 1.24 bits per heavy atom. The van der Waals surface area contributed by atoms with Gasteiger partial charge in [-0.15, -0.1) is 0 Å². The number of hydrogen-bond acceptors (Lipinski definition) is 3. The normalized spacial score (nSPS) is 11.1. The molecule has 1 aromatic carbocycles. The summed E-state index contributed by atoms with van der Waals surface area (Å²) in [5.41, 5.74) is 0.367. The molecule has 0 unspecified atom stereocenters. The minimum atomic E-state index is -1.11. The SMILES string of the molecule is CN(C)CCN(C)C(=O)c1ccc(C=CC(=O)O)cc1F. The molecule has 5 nitrogen and oxygen atoms in total. The number of halogens is 1. The molecule has 1 rings (SSSR count). The van der Waals surface area contributed by atoms with Crippen LogP contribution in [-0.4, -0.2) is 61.0 Å². The zero-order valence-electron chi connectivity index (χ0n) is 12.3. The number of carbonyl (C=O) groups excluding carboxylic acids is 1. The van der Waals surface area contributed by atoms with Crippen molar-refractivity contribution >= 4 is 18.0 Å². The quantitative estimate of drug-likeness (QED) is 0.809. The lowest BCUT2D eigenvalue weighted by molar-refractivity contribution is -0.131. The van der Waals surface area contributed by atoms with Gasteiger partial charge in [0.1, 0.15) is 5.82 Å². The fourth-order valence-corrected chi connectivity index (χ4v) is 1.63. The second-order valence-corrected chi connectivity index (χ2v) is 4.94. The van der Waals surface area contributed by atoms with Gasteiger partial charge in [-0.1, -0.05) is 6.07 Å². The second-order valence-electron chi connectivity index (χ2n) is 4.94. The first-order valence-electron chi connectivity index (χ1n) is 6.42. The summed E-state index contributed by atoms with van der Waals surface area (Å²) in [5, 5.41) is 8.52. The highest BCUT2D eigenvalue weighted by Crippen LogP contribution is 2.13. The summed E-state index contributed by atoms with van der Waals surface area (Å²) >= 11 is 0. The number of carboxylic acid groups (broad SMARTS) is 1. The van der Waals surface area contributed by atoms with Gasteiger partial charge in [0.2, 0.25) is 0 Å². The molecule has 1 aromatic rings. The van der Waals surface area contributed by atoms with Crippen LogP contribution in [0.15, 0.2) is 24.3 Å². The fourth-order valence-electron chi connectivity index (χ4n) is 1.63. The smallest absolute Gasteiger partial charge is 0.328 e. The molecule has 0 aromatic heterocycles. The molecule has 114 valence electrons. The Morgan fingerprint density at radius 2 is 1.90 bits per heavy atom. The molecule has 1 N–H and O–H groups in total. The number of carboxylic acids is 1. The third-order valence-electron chi connectivity index (χ3n) is 2.87. The van der Waals surface area contributed by atoms with E-state index in [1.165, 1.54) is 23.1 Å². The molecular weight excluding hydrogens is 275 g/mol. The molecule has 0 saturated carbocycles. The van der Waals surface area contributed by atoms with Crippen LogP contribution < -0.4 is 0 Å². The van der Waals surface area contributed by atoms with Gasteiger partial charge in [-0.2, -0.15) is 0 Å². The number of benzene rings is 1. The van der Waals surface area contributed by atoms with E-state index in [-0.39, 0.29) is 5.56 Å². The highest BCUT2D eigenvalue weighted by Gasteiger charge is 2.16. The van der Waals surface area contributed by atoms with E-state index in [9.17, 15) is 14.0 Å². The van der Waals surface area contributed by atoms with Crippen LogP contribution in [0.1, 0.15) is 15.9 Å². The Balaban J connectivity index is 2.84. The van der Waals surface area contributed by atoms with E-state index in [1.54, 1.807) is 7.05 Å². The second kappa shape index (κ2) is 7.54. The summed E-state index contributed by atoms with van der Waals surface area (Å²) in [5.74, 6) is -2.17. The summed E-state index contributed by atoms with van der Waals surface area (Å²) in [4.78, 5) is 25.9. The van der Waals surface area contributed by atoms with Crippen LogP contribution >= 0.6 is 0 Å². The lowest BCUT2D eigenvalue weighted by Gasteiger charge is -2.20. The highest BCUT2D eigenvalue weighted by atomic mass is 19.1. The van der Waals surface area contributed by atoms with Crippen LogP contribution in [-0.2, 0) is 4.79 Å². The molecule has 0 fully saturated rings. The Bertz CT molecular complexity index is 556. The van der Waals surface area contributed by atoms with Gasteiger partial charge in [0, 0.05) is 26.2 Å². The van der Waals surface area contributed by atoms with Crippen molar-refractivity contribution in [3.05, 3.63) is 41.2 Å². The molecule has 1 amide bonds. The van der Waals surface area contributed by atoms with Crippen molar-refractivity contribution in [1.29, 1.82) is 0 Å². The molecule has 0 aliphatic heterocycles. The highest BCUT2D eigenvalue weighted by molar-refractivity contribution is 5.94. The van der Waals surface area contributed by atoms with Crippen molar-refractivity contribution in [3.8, 4) is 0 Å². The lowest BCUT2D eigenvalue weighted by atomic mass is 10.1. The maximum atomic E-state index is 13.9. The Kier molecular flexibility index (Phi) is 6.05. The predicted octanol–water partition coefficient (Wildman–Crippen LogP) is 1.56. The van der Waals surface area contributed by atoms with E-state index >= 15 is 0 Å². The van der Waals surface area contributed by atoms with Gasteiger partial charge in [0.25, 0.3) is 5.91 Å². The first-order valence-corrected chi connectivity index (χ1v) is 6.42. The number of aliphatic carboxylic acids is 1. The van der Waals surface area contributed by atoms with Crippen molar-refractivity contribution in [2.75, 3.05) is 34.2 Å². The zero-order chi connectivity index (χ0) is 16.0. The number of nitrogens with zero attached hydrogens (tertiary/aromatic N) is 2. The van der Waals surface area contributed by atoms with Crippen LogP contribution in [0.2, 0.25) is 0 Å². The van der Waals surface area contributed by atoms with Crippen molar-refractivity contribution in [2.24, 2.45) is 0 Å². The molecule has 0 spiro atoms. The van der Waals surface area contributed by atoms with Crippen molar-refractivity contribution < 1.29 is 19.1 Å². The number of likely N-dealkylation sites (N-methyl/N-ethyl adjacent to an activating group) is 2. The molecular formula is C15H19FN2O3. The number of rotatable bonds is 6. The van der Waals surface area contributed by atoms with E-state index in [0.717, 1.165) is 12.1 Å². The Morgan fingerprint density at radius 3 is 2.43 bits per heavy atom. The predicted molar refractivity (Wildman–Crippen MR) is 78.6 cm³/mol. The Labute approximate surface area is 123 Å². The molecule has 6 heteroatoms. The van der Waals surface area contributed by atoms with Crippen LogP contribution in [0.4, 0.5) is 4.39 Å². The minimum absolute atomic E-state index is 0.0243. The van der Waals surface area contributed by atoms with Gasteiger partial charge in [0.05, 0.1) is 5.56 Å². The maximum Gasteiger partial charge on any atom is 0.328 e. The summed E-state index contributed by atoms with van der Waals surface area (Å²) in [7, 11) is 5.40. The van der Waals surface area contributed by atoms with Gasteiger partial charge in [-0.25, -0.2) is 9.18 Å². The van der Waals surface area contributed by atoms with Gasteiger partial charge < -0.3 is 14.9 Å². The molecule has 0 radical (unpaired) electrons. The average Bonchev–Trinajstić information content (AvgIpc) is 2.41. The summed E-state index contributed by atoms with van der Waals surface area (Å²) < 4.78 is 13.9. The minimum Gasteiger partial charge on any atom is -0.478 e.